The minimum absolute atomic E-state index is 0.253. The van der Waals surface area contributed by atoms with Crippen molar-refractivity contribution in [3.8, 4) is 11.8 Å². The number of rotatable bonds is 1. The minimum Gasteiger partial charge on any atom is -0.465 e. The Hall–Kier alpha value is -2.74. The first-order chi connectivity index (χ1) is 9.04. The van der Waals surface area contributed by atoms with Crippen LogP contribution in [0.1, 0.15) is 22.8 Å². The molecule has 2 rings (SSSR count). The predicted molar refractivity (Wildman–Crippen MR) is 73.5 cm³/mol. The average Bonchev–Trinajstić information content (AvgIpc) is 2.83. The number of anilines is 1. The monoisotopic (exact) mass is 255 g/mol. The fraction of sp³-hybridized carbons (Fsp3) is 0.143. The summed E-state index contributed by atoms with van der Waals surface area (Å²) in [5.74, 6) is 5.20. The predicted octanol–water partition coefficient (Wildman–Crippen LogP) is 1.86. The van der Waals surface area contributed by atoms with Gasteiger partial charge in [-0.3, -0.25) is 5.10 Å². The summed E-state index contributed by atoms with van der Waals surface area (Å²) in [4.78, 5) is 11.8. The molecular formula is C14H13N3O2. The summed E-state index contributed by atoms with van der Waals surface area (Å²) in [7, 11) is 1.30. The van der Waals surface area contributed by atoms with E-state index >= 15 is 0 Å². The third-order valence-corrected chi connectivity index (χ3v) is 2.58. The first-order valence-corrected chi connectivity index (χ1v) is 5.56. The van der Waals surface area contributed by atoms with Crippen LogP contribution in [-0.2, 0) is 4.74 Å². The van der Waals surface area contributed by atoms with Crippen molar-refractivity contribution in [2.24, 2.45) is 0 Å². The van der Waals surface area contributed by atoms with Gasteiger partial charge >= 0.3 is 5.97 Å². The number of aromatic nitrogens is 2. The molecule has 0 aliphatic heterocycles. The lowest BCUT2D eigenvalue weighted by molar-refractivity contribution is 0.0604. The second-order valence-electron chi connectivity index (χ2n) is 4.07. The number of nitrogens with two attached hydrogens (primary N) is 1. The Morgan fingerprint density at radius 1 is 1.58 bits per heavy atom. The van der Waals surface area contributed by atoms with Crippen LogP contribution in [0.25, 0.3) is 10.9 Å². The van der Waals surface area contributed by atoms with Crippen molar-refractivity contribution in [3.05, 3.63) is 35.5 Å². The minimum atomic E-state index is -0.522. The number of ether oxygens (including phenoxy) is 1. The molecule has 19 heavy (non-hydrogen) atoms. The van der Waals surface area contributed by atoms with Crippen LogP contribution in [0.3, 0.4) is 0 Å². The van der Waals surface area contributed by atoms with E-state index < -0.39 is 5.97 Å². The molecule has 1 aromatic carbocycles. The molecule has 0 bridgehead atoms. The third-order valence-electron chi connectivity index (χ3n) is 2.58. The van der Waals surface area contributed by atoms with Crippen LogP contribution in [0.5, 0.6) is 0 Å². The normalized spacial score (nSPS) is 9.79. The number of fused-ring (bicyclic) bond motifs is 1. The topological polar surface area (TPSA) is 81.0 Å². The fourth-order valence-corrected chi connectivity index (χ4v) is 1.70. The van der Waals surface area contributed by atoms with Gasteiger partial charge < -0.3 is 10.5 Å². The average molecular weight is 255 g/mol. The van der Waals surface area contributed by atoms with E-state index in [1.807, 2.05) is 0 Å². The number of nitrogen functional groups attached to an aromatic ring is 1. The number of nitrogens with zero attached hydrogens (tertiary/aromatic N) is 1. The maximum Gasteiger partial charge on any atom is 0.342 e. The van der Waals surface area contributed by atoms with E-state index in [2.05, 4.69) is 28.6 Å². The number of hydrogen-bond donors (Lipinski definition) is 2. The lowest BCUT2D eigenvalue weighted by Crippen LogP contribution is -2.08. The maximum absolute atomic E-state index is 11.8. The van der Waals surface area contributed by atoms with Crippen LogP contribution < -0.4 is 5.73 Å². The summed E-state index contributed by atoms with van der Waals surface area (Å²) < 4.78 is 4.74. The standard InChI is InChI=1S/C14H13N3O2/c1-8(2)4-5-9-6-10-7-16-17-13(10)11(12(9)15)14(18)19-3/h6-7H,1,15H2,2-3H3,(H,16,17). The van der Waals surface area contributed by atoms with E-state index in [1.54, 1.807) is 19.2 Å². The van der Waals surface area contributed by atoms with Gasteiger partial charge in [0.25, 0.3) is 0 Å². The Labute approximate surface area is 110 Å². The number of carbonyl (C=O) groups is 1. The molecular weight excluding hydrogens is 242 g/mol. The summed E-state index contributed by atoms with van der Waals surface area (Å²) in [5, 5.41) is 7.39. The van der Waals surface area contributed by atoms with Crippen LogP contribution in [0.4, 0.5) is 5.69 Å². The van der Waals surface area contributed by atoms with Crippen LogP contribution >= 0.6 is 0 Å². The molecule has 0 aliphatic rings. The van der Waals surface area contributed by atoms with Gasteiger partial charge in [-0.15, -0.1) is 0 Å². The van der Waals surface area contributed by atoms with Gasteiger partial charge in [-0.25, -0.2) is 4.79 Å². The smallest absolute Gasteiger partial charge is 0.342 e. The van der Waals surface area contributed by atoms with Crippen molar-refractivity contribution in [1.82, 2.24) is 10.2 Å². The highest BCUT2D eigenvalue weighted by Crippen LogP contribution is 2.26. The van der Waals surface area contributed by atoms with Crippen molar-refractivity contribution < 1.29 is 9.53 Å². The van der Waals surface area contributed by atoms with E-state index in [9.17, 15) is 4.79 Å². The van der Waals surface area contributed by atoms with Crippen LogP contribution in [-0.4, -0.2) is 23.3 Å². The molecule has 1 aromatic heterocycles. The van der Waals surface area contributed by atoms with E-state index in [1.165, 1.54) is 7.11 Å². The highest BCUT2D eigenvalue weighted by Gasteiger charge is 2.18. The second kappa shape index (κ2) is 4.86. The number of esters is 1. The Morgan fingerprint density at radius 3 is 2.95 bits per heavy atom. The summed E-state index contributed by atoms with van der Waals surface area (Å²) in [6.07, 6.45) is 1.60. The first-order valence-electron chi connectivity index (χ1n) is 5.56. The van der Waals surface area contributed by atoms with Gasteiger partial charge in [0.05, 0.1) is 24.5 Å². The number of H-pyrrole nitrogens is 1. The van der Waals surface area contributed by atoms with Crippen molar-refractivity contribution in [2.45, 2.75) is 6.92 Å². The Balaban J connectivity index is 2.75. The molecule has 0 saturated heterocycles. The largest absolute Gasteiger partial charge is 0.465 e. The zero-order valence-corrected chi connectivity index (χ0v) is 10.7. The molecule has 0 amide bonds. The SMILES string of the molecule is C=C(C)C#Cc1cc2cn[nH]c2c(C(=O)OC)c1N. The molecule has 5 nitrogen and oxygen atoms in total. The molecule has 0 aliphatic carbocycles. The van der Waals surface area contributed by atoms with Crippen molar-refractivity contribution in [2.75, 3.05) is 12.8 Å². The number of carbonyl (C=O) groups excluding carboxylic acids is 1. The number of nitrogens with one attached hydrogen (secondary N) is 1. The van der Waals surface area contributed by atoms with Gasteiger partial charge in [-0.1, -0.05) is 18.4 Å². The quantitative estimate of drug-likeness (QED) is 0.463. The number of aromatic amines is 1. The zero-order valence-electron chi connectivity index (χ0n) is 10.7. The molecule has 2 aromatic rings. The molecule has 1 heterocycles. The van der Waals surface area contributed by atoms with E-state index in [-0.39, 0.29) is 11.3 Å². The lowest BCUT2D eigenvalue weighted by atomic mass is 10.0. The molecule has 0 fully saturated rings. The molecule has 0 atom stereocenters. The van der Waals surface area contributed by atoms with E-state index in [0.717, 1.165) is 5.39 Å². The van der Waals surface area contributed by atoms with E-state index in [4.69, 9.17) is 10.5 Å². The van der Waals surface area contributed by atoms with Gasteiger partial charge in [0.15, 0.2) is 0 Å². The fourth-order valence-electron chi connectivity index (χ4n) is 1.70. The summed E-state index contributed by atoms with van der Waals surface area (Å²) in [5.41, 5.74) is 8.33. The highest BCUT2D eigenvalue weighted by molar-refractivity contribution is 6.08. The van der Waals surface area contributed by atoms with Crippen molar-refractivity contribution in [3.63, 3.8) is 0 Å². The van der Waals surface area contributed by atoms with Crippen molar-refractivity contribution >= 4 is 22.6 Å². The van der Waals surface area contributed by atoms with Gasteiger partial charge in [-0.2, -0.15) is 5.10 Å². The molecule has 0 unspecified atom stereocenters. The van der Waals surface area contributed by atoms with Gasteiger partial charge in [0.2, 0.25) is 0 Å². The summed E-state index contributed by atoms with van der Waals surface area (Å²) in [6.45, 7) is 5.49. The van der Waals surface area contributed by atoms with Gasteiger partial charge in [-0.05, 0) is 18.6 Å². The Bertz CT molecular complexity index is 732. The van der Waals surface area contributed by atoms with Crippen LogP contribution in [0.15, 0.2) is 24.4 Å². The number of hydrogen-bond acceptors (Lipinski definition) is 4. The molecule has 0 radical (unpaired) electrons. The Kier molecular flexibility index (Phi) is 3.25. The highest BCUT2D eigenvalue weighted by atomic mass is 16.5. The number of methoxy groups -OCH3 is 1. The van der Waals surface area contributed by atoms with Crippen LogP contribution in [0, 0.1) is 11.8 Å². The number of benzene rings is 1. The van der Waals surface area contributed by atoms with Crippen molar-refractivity contribution in [1.29, 1.82) is 0 Å². The number of allylic oxidation sites excluding steroid dienone is 1. The summed E-state index contributed by atoms with van der Waals surface area (Å²) >= 11 is 0. The van der Waals surface area contributed by atoms with Gasteiger partial charge in [0.1, 0.15) is 5.56 Å². The second-order valence-corrected chi connectivity index (χ2v) is 4.07. The van der Waals surface area contributed by atoms with E-state index in [0.29, 0.717) is 16.7 Å². The molecule has 5 heteroatoms. The third kappa shape index (κ3) is 2.29. The molecule has 3 N–H and O–H groups in total. The van der Waals surface area contributed by atoms with Crippen LogP contribution in [0.2, 0.25) is 0 Å². The zero-order chi connectivity index (χ0) is 14.0. The first kappa shape index (κ1) is 12.7. The summed E-state index contributed by atoms with van der Waals surface area (Å²) in [6, 6.07) is 1.77. The molecule has 96 valence electrons. The maximum atomic E-state index is 11.8. The lowest BCUT2D eigenvalue weighted by Gasteiger charge is -2.07. The van der Waals surface area contributed by atoms with Gasteiger partial charge in [0, 0.05) is 10.9 Å². The Morgan fingerprint density at radius 2 is 2.32 bits per heavy atom. The molecule has 0 saturated carbocycles. The molecule has 0 spiro atoms.